The van der Waals surface area contributed by atoms with Gasteiger partial charge in [0.1, 0.15) is 12.7 Å². The monoisotopic (exact) mass is 410 g/mol. The molecule has 12 heteroatoms. The molecule has 0 bridgehead atoms. The molecule has 0 aromatic rings. The lowest BCUT2D eigenvalue weighted by Crippen LogP contribution is -2.43. The molecule has 0 radical (unpaired) electrons. The minimum Gasteiger partial charge on any atom is -0.479 e. The molecule has 162 valence electrons. The molecule has 0 saturated carbocycles. The maximum atomic E-state index is 11.8. The zero-order valence-corrected chi connectivity index (χ0v) is 15.3. The maximum absolute atomic E-state index is 11.8. The summed E-state index contributed by atoms with van der Waals surface area (Å²) in [5.41, 5.74) is 0. The second-order valence-electron chi connectivity index (χ2n) is 5.99. The van der Waals surface area contributed by atoms with E-state index < -0.39 is 61.0 Å². The number of carbonyl (C=O) groups is 4. The number of aliphatic hydroxyl groups is 4. The van der Waals surface area contributed by atoms with Crippen molar-refractivity contribution in [2.45, 2.75) is 69.5 Å². The van der Waals surface area contributed by atoms with Crippen molar-refractivity contribution >= 4 is 23.9 Å². The molecule has 5 unspecified atom stereocenters. The van der Waals surface area contributed by atoms with E-state index in [1.54, 1.807) is 0 Å². The van der Waals surface area contributed by atoms with E-state index >= 15 is 0 Å². The second-order valence-corrected chi connectivity index (χ2v) is 5.99. The third kappa shape index (κ3) is 9.08. The molecular formula is C16H26O12. The lowest BCUT2D eigenvalue weighted by Gasteiger charge is -2.21. The number of carboxylic acid groups (broad SMARTS) is 2. The van der Waals surface area contributed by atoms with Crippen LogP contribution in [0.2, 0.25) is 0 Å². The van der Waals surface area contributed by atoms with E-state index in [0.717, 1.165) is 19.3 Å². The van der Waals surface area contributed by atoms with Crippen LogP contribution in [-0.2, 0) is 28.7 Å². The highest BCUT2D eigenvalue weighted by Gasteiger charge is 2.34. The lowest BCUT2D eigenvalue weighted by atomic mass is 10.1. The molecule has 0 fully saturated rings. The third-order valence-corrected chi connectivity index (χ3v) is 3.66. The molecule has 0 aromatic heterocycles. The molecule has 0 aromatic carbocycles. The first-order valence-electron chi connectivity index (χ1n) is 8.57. The Morgan fingerprint density at radius 2 is 1.25 bits per heavy atom. The maximum Gasteiger partial charge on any atom is 0.338 e. The van der Waals surface area contributed by atoms with Crippen LogP contribution in [0.25, 0.3) is 0 Å². The summed E-state index contributed by atoms with van der Waals surface area (Å²) in [6.07, 6.45) is -7.55. The molecule has 0 saturated heterocycles. The van der Waals surface area contributed by atoms with Gasteiger partial charge in [-0.15, -0.1) is 0 Å². The Morgan fingerprint density at radius 3 is 1.71 bits per heavy atom. The number of esters is 2. The van der Waals surface area contributed by atoms with Crippen LogP contribution < -0.4 is 0 Å². The Labute approximate surface area is 160 Å². The van der Waals surface area contributed by atoms with Gasteiger partial charge in [0.2, 0.25) is 0 Å². The topological polar surface area (TPSA) is 208 Å². The molecule has 12 nitrogen and oxygen atoms in total. The SMILES string of the molecule is CCCCCCC(COC(=O)C(O)C(O)C(=O)O)OC(=O)C(O)C(O)C(=O)O. The van der Waals surface area contributed by atoms with E-state index in [1.807, 2.05) is 6.92 Å². The Kier molecular flexibility index (Phi) is 11.9. The molecule has 0 aliphatic rings. The van der Waals surface area contributed by atoms with E-state index in [9.17, 15) is 34.5 Å². The standard InChI is InChI=1S/C16H26O12/c1-2-3-4-5-6-8(28-16(26)12(20)10(18)14(23)24)7-27-15(25)11(19)9(17)13(21)22/h8-12,17-20H,2-7H2,1H3,(H,21,22)(H,23,24). The van der Waals surface area contributed by atoms with Gasteiger partial charge in [0.05, 0.1) is 0 Å². The molecule has 0 amide bonds. The third-order valence-electron chi connectivity index (χ3n) is 3.66. The van der Waals surface area contributed by atoms with E-state index in [1.165, 1.54) is 0 Å². The summed E-state index contributed by atoms with van der Waals surface area (Å²) < 4.78 is 9.48. The predicted octanol–water partition coefficient (Wildman–Crippen LogP) is -1.98. The zero-order valence-electron chi connectivity index (χ0n) is 15.3. The van der Waals surface area contributed by atoms with Crippen LogP contribution in [0.4, 0.5) is 0 Å². The molecule has 0 spiro atoms. The number of carboxylic acids is 2. The van der Waals surface area contributed by atoms with Gasteiger partial charge in [0.15, 0.2) is 24.4 Å². The van der Waals surface area contributed by atoms with E-state index in [2.05, 4.69) is 4.74 Å². The molecule has 5 atom stereocenters. The molecule has 6 N–H and O–H groups in total. The van der Waals surface area contributed by atoms with Gasteiger partial charge >= 0.3 is 23.9 Å². The summed E-state index contributed by atoms with van der Waals surface area (Å²) in [5, 5.41) is 54.2. The fourth-order valence-corrected chi connectivity index (χ4v) is 2.00. The fourth-order valence-electron chi connectivity index (χ4n) is 2.00. The highest BCUT2D eigenvalue weighted by atomic mass is 16.6. The highest BCUT2D eigenvalue weighted by Crippen LogP contribution is 2.12. The van der Waals surface area contributed by atoms with Crippen LogP contribution in [0, 0.1) is 0 Å². The van der Waals surface area contributed by atoms with E-state index in [0.29, 0.717) is 6.42 Å². The zero-order chi connectivity index (χ0) is 21.9. The summed E-state index contributed by atoms with van der Waals surface area (Å²) in [6.45, 7) is 1.31. The van der Waals surface area contributed by atoms with Crippen molar-refractivity contribution in [2.24, 2.45) is 0 Å². The van der Waals surface area contributed by atoms with Gasteiger partial charge < -0.3 is 40.1 Å². The first-order valence-corrected chi connectivity index (χ1v) is 8.57. The van der Waals surface area contributed by atoms with Gasteiger partial charge in [-0.05, 0) is 12.8 Å². The van der Waals surface area contributed by atoms with Gasteiger partial charge in [-0.1, -0.05) is 26.2 Å². The van der Waals surface area contributed by atoms with Crippen molar-refractivity contribution in [1.82, 2.24) is 0 Å². The lowest BCUT2D eigenvalue weighted by molar-refractivity contribution is -0.181. The molecule has 28 heavy (non-hydrogen) atoms. The smallest absolute Gasteiger partial charge is 0.338 e. The van der Waals surface area contributed by atoms with E-state index in [4.69, 9.17) is 20.1 Å². The summed E-state index contributed by atoms with van der Waals surface area (Å²) >= 11 is 0. The van der Waals surface area contributed by atoms with Crippen LogP contribution in [-0.4, -0.2) is 91.6 Å². The van der Waals surface area contributed by atoms with Crippen molar-refractivity contribution in [1.29, 1.82) is 0 Å². The Bertz CT molecular complexity index is 534. The molecule has 0 rings (SSSR count). The average molecular weight is 410 g/mol. The number of hydrogen-bond acceptors (Lipinski definition) is 10. The number of rotatable bonds is 14. The first-order chi connectivity index (χ1) is 13.0. The van der Waals surface area contributed by atoms with Crippen LogP contribution in [0.3, 0.4) is 0 Å². The average Bonchev–Trinajstić information content (AvgIpc) is 2.65. The Morgan fingerprint density at radius 1 is 0.750 bits per heavy atom. The van der Waals surface area contributed by atoms with Gasteiger partial charge in [-0.3, -0.25) is 0 Å². The number of unbranched alkanes of at least 4 members (excludes halogenated alkanes) is 3. The van der Waals surface area contributed by atoms with Gasteiger partial charge in [-0.2, -0.15) is 0 Å². The first kappa shape index (κ1) is 25.7. The summed E-state index contributed by atoms with van der Waals surface area (Å²) in [5.74, 6) is -6.63. The predicted molar refractivity (Wildman–Crippen MR) is 88.9 cm³/mol. The van der Waals surface area contributed by atoms with Crippen molar-refractivity contribution in [3.63, 3.8) is 0 Å². The summed E-state index contributed by atoms with van der Waals surface area (Å²) in [6, 6.07) is 0. The van der Waals surface area contributed by atoms with E-state index in [-0.39, 0.29) is 6.42 Å². The normalized spacial score (nSPS) is 16.3. The number of aliphatic carboxylic acids is 2. The highest BCUT2D eigenvalue weighted by molar-refractivity contribution is 5.85. The summed E-state index contributed by atoms with van der Waals surface area (Å²) in [7, 11) is 0. The number of carbonyl (C=O) groups excluding carboxylic acids is 2. The Balaban J connectivity index is 4.87. The van der Waals surface area contributed by atoms with Crippen LogP contribution in [0.1, 0.15) is 39.0 Å². The second kappa shape index (κ2) is 13.0. The fraction of sp³-hybridized carbons (Fsp3) is 0.750. The van der Waals surface area contributed by atoms with Gasteiger partial charge in [-0.25, -0.2) is 19.2 Å². The van der Waals surface area contributed by atoms with Crippen LogP contribution in [0.5, 0.6) is 0 Å². The summed E-state index contributed by atoms with van der Waals surface area (Å²) in [4.78, 5) is 44.5. The molecular weight excluding hydrogens is 384 g/mol. The minimum atomic E-state index is -2.41. The van der Waals surface area contributed by atoms with Crippen molar-refractivity contribution in [3.05, 3.63) is 0 Å². The van der Waals surface area contributed by atoms with Crippen LogP contribution >= 0.6 is 0 Å². The van der Waals surface area contributed by atoms with Crippen molar-refractivity contribution in [3.8, 4) is 0 Å². The Hall–Kier alpha value is -2.28. The molecule has 0 aliphatic carbocycles. The number of aliphatic hydroxyl groups excluding tert-OH is 4. The van der Waals surface area contributed by atoms with Gasteiger partial charge in [0.25, 0.3) is 0 Å². The molecule has 0 heterocycles. The largest absolute Gasteiger partial charge is 0.479 e. The number of ether oxygens (including phenoxy) is 2. The van der Waals surface area contributed by atoms with Crippen molar-refractivity contribution in [2.75, 3.05) is 6.61 Å². The van der Waals surface area contributed by atoms with Gasteiger partial charge in [0, 0.05) is 0 Å². The minimum absolute atomic E-state index is 0.145. The van der Waals surface area contributed by atoms with Crippen molar-refractivity contribution < 1.29 is 59.3 Å². The number of hydrogen-bond donors (Lipinski definition) is 6. The quantitative estimate of drug-likeness (QED) is 0.136. The molecule has 0 aliphatic heterocycles. The van der Waals surface area contributed by atoms with Crippen LogP contribution in [0.15, 0.2) is 0 Å².